The first-order chi connectivity index (χ1) is 8.67. The summed E-state index contributed by atoms with van der Waals surface area (Å²) in [6, 6.07) is 6.18. The molecule has 6 heteroatoms. The molecule has 3 N–H and O–H groups in total. The molecule has 1 atom stereocenters. The summed E-state index contributed by atoms with van der Waals surface area (Å²) in [5.41, 5.74) is 5.61. The van der Waals surface area contributed by atoms with Gasteiger partial charge in [0.25, 0.3) is 0 Å². The van der Waals surface area contributed by atoms with Gasteiger partial charge in [-0.3, -0.25) is 0 Å². The summed E-state index contributed by atoms with van der Waals surface area (Å²) in [7, 11) is 1.56. The van der Waals surface area contributed by atoms with Crippen LogP contribution in [0.5, 0.6) is 5.88 Å². The van der Waals surface area contributed by atoms with Crippen molar-refractivity contribution in [3.63, 3.8) is 0 Å². The van der Waals surface area contributed by atoms with Gasteiger partial charge in [0, 0.05) is 23.4 Å². The number of ether oxygens (including phenoxy) is 1. The normalized spacial score (nSPS) is 12.1. The summed E-state index contributed by atoms with van der Waals surface area (Å²) in [6.45, 7) is 2.10. The number of nitrogens with one attached hydrogen (secondary N) is 1. The molecule has 2 aromatic heterocycles. The van der Waals surface area contributed by atoms with Crippen LogP contribution in [-0.2, 0) is 6.42 Å². The molecule has 0 aliphatic heterocycles. The van der Waals surface area contributed by atoms with Crippen LogP contribution in [0.15, 0.2) is 23.6 Å². The second-order valence-electron chi connectivity index (χ2n) is 3.98. The van der Waals surface area contributed by atoms with E-state index in [2.05, 4.69) is 39.7 Å². The monoisotopic (exact) mass is 264 g/mol. The molecule has 0 aromatic carbocycles. The van der Waals surface area contributed by atoms with Gasteiger partial charge in [-0.25, -0.2) is 0 Å². The maximum atomic E-state index is 5.61. The molecule has 0 aliphatic rings. The highest BCUT2D eigenvalue weighted by Crippen LogP contribution is 2.17. The number of aromatic nitrogens is 2. The number of thiophene rings is 1. The van der Waals surface area contributed by atoms with Crippen LogP contribution in [0.25, 0.3) is 0 Å². The molecule has 0 amide bonds. The molecule has 0 fully saturated rings. The van der Waals surface area contributed by atoms with Crippen molar-refractivity contribution in [3.8, 4) is 5.88 Å². The van der Waals surface area contributed by atoms with Crippen LogP contribution >= 0.6 is 11.3 Å². The summed E-state index contributed by atoms with van der Waals surface area (Å²) in [6.07, 6.45) is 0.948. The number of hydrogen-bond donors (Lipinski definition) is 2. The van der Waals surface area contributed by atoms with Gasteiger partial charge in [0.05, 0.1) is 7.11 Å². The fourth-order valence-corrected chi connectivity index (χ4v) is 2.49. The molecule has 0 spiro atoms. The van der Waals surface area contributed by atoms with E-state index in [1.807, 2.05) is 0 Å². The minimum atomic E-state index is 0.208. The van der Waals surface area contributed by atoms with Crippen molar-refractivity contribution in [2.24, 2.45) is 0 Å². The molecule has 0 aliphatic carbocycles. The lowest BCUT2D eigenvalue weighted by Crippen LogP contribution is -2.19. The molecule has 2 rings (SSSR count). The number of anilines is 2. The third kappa shape index (κ3) is 3.33. The van der Waals surface area contributed by atoms with Gasteiger partial charge in [0.2, 0.25) is 11.8 Å². The van der Waals surface area contributed by atoms with Crippen molar-refractivity contribution < 1.29 is 4.74 Å². The van der Waals surface area contributed by atoms with Crippen molar-refractivity contribution in [2.45, 2.75) is 19.4 Å². The first kappa shape index (κ1) is 12.6. The predicted octanol–water partition coefficient (Wildman–Crippen LogP) is 2.17. The Hall–Kier alpha value is -1.82. The second kappa shape index (κ2) is 5.68. The lowest BCUT2D eigenvalue weighted by molar-refractivity contribution is 0.398. The topological polar surface area (TPSA) is 73.1 Å². The minimum absolute atomic E-state index is 0.208. The van der Waals surface area contributed by atoms with Crippen LogP contribution in [0.1, 0.15) is 11.8 Å². The molecule has 2 heterocycles. The van der Waals surface area contributed by atoms with Gasteiger partial charge in [0.1, 0.15) is 5.82 Å². The van der Waals surface area contributed by atoms with Crippen molar-refractivity contribution in [1.29, 1.82) is 0 Å². The molecule has 18 heavy (non-hydrogen) atoms. The lowest BCUT2D eigenvalue weighted by atomic mass is 10.2. The van der Waals surface area contributed by atoms with Gasteiger partial charge in [0.15, 0.2) is 0 Å². The zero-order chi connectivity index (χ0) is 13.0. The van der Waals surface area contributed by atoms with Gasteiger partial charge in [-0.15, -0.1) is 11.3 Å². The van der Waals surface area contributed by atoms with Gasteiger partial charge < -0.3 is 15.8 Å². The number of hydrogen-bond acceptors (Lipinski definition) is 6. The van der Waals surface area contributed by atoms with E-state index in [9.17, 15) is 0 Å². The Bertz CT molecular complexity index is 501. The fraction of sp³-hybridized carbons (Fsp3) is 0.333. The molecule has 96 valence electrons. The molecule has 0 saturated heterocycles. The van der Waals surface area contributed by atoms with E-state index in [0.29, 0.717) is 11.7 Å². The lowest BCUT2D eigenvalue weighted by Gasteiger charge is -2.14. The largest absolute Gasteiger partial charge is 0.481 e. The average Bonchev–Trinajstić information content (AvgIpc) is 2.80. The summed E-state index contributed by atoms with van der Waals surface area (Å²) < 4.78 is 5.05. The number of rotatable bonds is 5. The molecular formula is C12H16N4OS. The molecular weight excluding hydrogens is 248 g/mol. The predicted molar refractivity (Wildman–Crippen MR) is 74.1 cm³/mol. The first-order valence-corrected chi connectivity index (χ1v) is 6.53. The zero-order valence-corrected chi connectivity index (χ0v) is 11.2. The Morgan fingerprint density at radius 3 is 3.00 bits per heavy atom. The van der Waals surface area contributed by atoms with Crippen LogP contribution in [0.2, 0.25) is 0 Å². The second-order valence-corrected chi connectivity index (χ2v) is 5.01. The standard InChI is InChI=1S/C12H16N4OS/c1-8(6-9-4-3-5-18-9)14-10-7-11(17-2)16-12(13)15-10/h3-5,7-8H,6H2,1-2H3,(H3,13,14,15,16). The molecule has 0 saturated carbocycles. The van der Waals surface area contributed by atoms with Crippen LogP contribution < -0.4 is 15.8 Å². The van der Waals surface area contributed by atoms with E-state index in [4.69, 9.17) is 10.5 Å². The Kier molecular flexibility index (Phi) is 3.99. The fourth-order valence-electron chi connectivity index (χ4n) is 1.66. The van der Waals surface area contributed by atoms with Gasteiger partial charge in [-0.2, -0.15) is 9.97 Å². The quantitative estimate of drug-likeness (QED) is 0.866. The molecule has 0 radical (unpaired) electrons. The van der Waals surface area contributed by atoms with Gasteiger partial charge in [-0.1, -0.05) is 6.07 Å². The zero-order valence-electron chi connectivity index (χ0n) is 10.4. The number of nitrogens with zero attached hydrogens (tertiary/aromatic N) is 2. The Morgan fingerprint density at radius 2 is 2.33 bits per heavy atom. The van der Waals surface area contributed by atoms with Crippen molar-refractivity contribution in [2.75, 3.05) is 18.2 Å². The molecule has 0 bridgehead atoms. The average molecular weight is 264 g/mol. The van der Waals surface area contributed by atoms with E-state index < -0.39 is 0 Å². The highest BCUT2D eigenvalue weighted by molar-refractivity contribution is 7.09. The maximum absolute atomic E-state index is 5.61. The third-order valence-electron chi connectivity index (χ3n) is 2.41. The first-order valence-electron chi connectivity index (χ1n) is 5.65. The maximum Gasteiger partial charge on any atom is 0.225 e. The number of nitrogen functional groups attached to an aromatic ring is 1. The van der Waals surface area contributed by atoms with E-state index in [1.54, 1.807) is 24.5 Å². The van der Waals surface area contributed by atoms with Gasteiger partial charge >= 0.3 is 0 Å². The van der Waals surface area contributed by atoms with Crippen molar-refractivity contribution in [3.05, 3.63) is 28.5 Å². The smallest absolute Gasteiger partial charge is 0.225 e. The van der Waals surface area contributed by atoms with Crippen LogP contribution in [0.3, 0.4) is 0 Å². The van der Waals surface area contributed by atoms with Crippen molar-refractivity contribution >= 4 is 23.1 Å². The third-order valence-corrected chi connectivity index (χ3v) is 3.31. The number of methoxy groups -OCH3 is 1. The van der Waals surface area contributed by atoms with Crippen molar-refractivity contribution in [1.82, 2.24) is 9.97 Å². The van der Waals surface area contributed by atoms with E-state index in [0.717, 1.165) is 6.42 Å². The summed E-state index contributed by atoms with van der Waals surface area (Å²) in [4.78, 5) is 9.41. The Balaban J connectivity index is 2.02. The number of nitrogens with two attached hydrogens (primary N) is 1. The van der Waals surface area contributed by atoms with E-state index in [-0.39, 0.29) is 12.0 Å². The van der Waals surface area contributed by atoms with Crippen LogP contribution in [0.4, 0.5) is 11.8 Å². The highest BCUT2D eigenvalue weighted by Gasteiger charge is 2.07. The van der Waals surface area contributed by atoms with E-state index in [1.165, 1.54) is 4.88 Å². The Labute approximate surface area is 110 Å². The molecule has 1 unspecified atom stereocenters. The molecule has 5 nitrogen and oxygen atoms in total. The summed E-state index contributed by atoms with van der Waals surface area (Å²) in [5, 5.41) is 5.37. The van der Waals surface area contributed by atoms with Crippen LogP contribution in [-0.4, -0.2) is 23.1 Å². The SMILES string of the molecule is COc1cc(NC(C)Cc2cccs2)nc(N)n1. The minimum Gasteiger partial charge on any atom is -0.481 e. The Morgan fingerprint density at radius 1 is 1.50 bits per heavy atom. The summed E-state index contributed by atoms with van der Waals surface area (Å²) in [5.74, 6) is 1.36. The summed E-state index contributed by atoms with van der Waals surface area (Å²) >= 11 is 1.75. The molecule has 2 aromatic rings. The van der Waals surface area contributed by atoms with Crippen LogP contribution in [0, 0.1) is 0 Å². The van der Waals surface area contributed by atoms with Gasteiger partial charge in [-0.05, 0) is 18.4 Å². The van der Waals surface area contributed by atoms with E-state index >= 15 is 0 Å². The highest BCUT2D eigenvalue weighted by atomic mass is 32.1.